The summed E-state index contributed by atoms with van der Waals surface area (Å²) in [4.78, 5) is 2.43. The Morgan fingerprint density at radius 3 is 3.17 bits per heavy atom. The second-order valence-electron chi connectivity index (χ2n) is 5.02. The van der Waals surface area contributed by atoms with Crippen molar-refractivity contribution in [3.8, 4) is 5.75 Å². The van der Waals surface area contributed by atoms with Gasteiger partial charge < -0.3 is 14.8 Å². The van der Waals surface area contributed by atoms with E-state index in [2.05, 4.69) is 16.3 Å². The number of hydrogen-bond donors (Lipinski definition) is 1. The smallest absolute Gasteiger partial charge is 0.142 e. The normalized spacial score (nSPS) is 27.4. The summed E-state index contributed by atoms with van der Waals surface area (Å²) in [6, 6.07) is 8.12. The molecular formula is C14H20N2O2. The first-order valence-electron chi connectivity index (χ1n) is 6.60. The summed E-state index contributed by atoms with van der Waals surface area (Å²) in [5.74, 6) is 0.969. The van der Waals surface area contributed by atoms with E-state index < -0.39 is 0 Å². The SMILES string of the molecule is COC1CCN(CC2CNc3ccccc3O2)C1. The Hall–Kier alpha value is -1.26. The van der Waals surface area contributed by atoms with E-state index >= 15 is 0 Å². The number of benzene rings is 1. The summed E-state index contributed by atoms with van der Waals surface area (Å²) >= 11 is 0. The van der Waals surface area contributed by atoms with E-state index in [9.17, 15) is 0 Å². The summed E-state index contributed by atoms with van der Waals surface area (Å²) in [7, 11) is 1.79. The van der Waals surface area contributed by atoms with Gasteiger partial charge in [-0.2, -0.15) is 0 Å². The van der Waals surface area contributed by atoms with Crippen molar-refractivity contribution in [3.05, 3.63) is 24.3 Å². The number of fused-ring (bicyclic) bond motifs is 1. The Balaban J connectivity index is 1.57. The molecule has 18 heavy (non-hydrogen) atoms. The monoisotopic (exact) mass is 248 g/mol. The van der Waals surface area contributed by atoms with Crippen LogP contribution in [-0.4, -0.2) is 50.4 Å². The van der Waals surface area contributed by atoms with Crippen LogP contribution in [0.2, 0.25) is 0 Å². The third kappa shape index (κ3) is 2.44. The van der Waals surface area contributed by atoms with E-state index in [1.165, 1.54) is 0 Å². The number of ether oxygens (including phenoxy) is 2. The fourth-order valence-corrected chi connectivity index (χ4v) is 2.71. The molecule has 0 bridgehead atoms. The number of nitrogens with one attached hydrogen (secondary N) is 1. The molecule has 0 spiro atoms. The molecule has 0 saturated carbocycles. The lowest BCUT2D eigenvalue weighted by Crippen LogP contribution is -2.41. The first kappa shape index (κ1) is 11.8. The minimum Gasteiger partial charge on any atom is -0.485 e. The number of hydrogen-bond acceptors (Lipinski definition) is 4. The lowest BCUT2D eigenvalue weighted by molar-refractivity contribution is 0.0968. The third-order valence-corrected chi connectivity index (χ3v) is 3.73. The molecule has 1 aromatic carbocycles. The van der Waals surface area contributed by atoms with Gasteiger partial charge in [0.05, 0.1) is 18.3 Å². The maximum absolute atomic E-state index is 6.02. The van der Waals surface area contributed by atoms with Crippen molar-refractivity contribution in [2.45, 2.75) is 18.6 Å². The van der Waals surface area contributed by atoms with Crippen LogP contribution in [0.5, 0.6) is 5.75 Å². The van der Waals surface area contributed by atoms with Gasteiger partial charge in [0.25, 0.3) is 0 Å². The highest BCUT2D eigenvalue weighted by Crippen LogP contribution is 2.28. The topological polar surface area (TPSA) is 33.7 Å². The predicted octanol–water partition coefficient (Wildman–Crippen LogP) is 1.58. The van der Waals surface area contributed by atoms with Gasteiger partial charge in [-0.25, -0.2) is 0 Å². The third-order valence-electron chi connectivity index (χ3n) is 3.73. The molecule has 2 aliphatic heterocycles. The number of anilines is 1. The van der Waals surface area contributed by atoms with E-state index in [0.29, 0.717) is 6.10 Å². The summed E-state index contributed by atoms with van der Waals surface area (Å²) in [6.07, 6.45) is 1.76. The highest BCUT2D eigenvalue weighted by molar-refractivity contribution is 5.57. The number of rotatable bonds is 3. The molecule has 1 aromatic rings. The second-order valence-corrected chi connectivity index (χ2v) is 5.02. The average molecular weight is 248 g/mol. The van der Waals surface area contributed by atoms with Crippen LogP contribution in [0.15, 0.2) is 24.3 Å². The highest BCUT2D eigenvalue weighted by Gasteiger charge is 2.27. The van der Waals surface area contributed by atoms with Crippen LogP contribution in [0.3, 0.4) is 0 Å². The van der Waals surface area contributed by atoms with Crippen molar-refractivity contribution in [1.29, 1.82) is 0 Å². The molecule has 1 saturated heterocycles. The predicted molar refractivity (Wildman–Crippen MR) is 71.2 cm³/mol. The van der Waals surface area contributed by atoms with E-state index in [-0.39, 0.29) is 6.10 Å². The molecule has 4 heteroatoms. The van der Waals surface area contributed by atoms with Gasteiger partial charge in [0.1, 0.15) is 11.9 Å². The van der Waals surface area contributed by atoms with E-state index in [1.54, 1.807) is 7.11 Å². The fraction of sp³-hybridized carbons (Fsp3) is 0.571. The standard InChI is InChI=1S/C14H20N2O2/c1-17-11-6-7-16(9-11)10-12-8-15-13-4-2-3-5-14(13)18-12/h2-5,11-12,15H,6-10H2,1H3. The van der Waals surface area contributed by atoms with Gasteiger partial charge in [0.15, 0.2) is 0 Å². The van der Waals surface area contributed by atoms with Gasteiger partial charge in [0, 0.05) is 26.7 Å². The van der Waals surface area contributed by atoms with Crippen LogP contribution in [0, 0.1) is 0 Å². The van der Waals surface area contributed by atoms with Crippen molar-refractivity contribution >= 4 is 5.69 Å². The largest absolute Gasteiger partial charge is 0.485 e. The molecule has 4 nitrogen and oxygen atoms in total. The van der Waals surface area contributed by atoms with E-state index in [1.807, 2.05) is 18.2 Å². The molecule has 98 valence electrons. The summed E-state index contributed by atoms with van der Waals surface area (Å²) in [5, 5.41) is 3.43. The molecule has 2 atom stereocenters. The minimum atomic E-state index is 0.232. The van der Waals surface area contributed by atoms with Gasteiger partial charge in [-0.1, -0.05) is 12.1 Å². The maximum Gasteiger partial charge on any atom is 0.142 e. The van der Waals surface area contributed by atoms with Crippen molar-refractivity contribution in [1.82, 2.24) is 4.90 Å². The Bertz CT molecular complexity index is 411. The maximum atomic E-state index is 6.02. The number of para-hydroxylation sites is 2. The molecular weight excluding hydrogens is 228 g/mol. The molecule has 3 rings (SSSR count). The zero-order chi connectivity index (χ0) is 12.4. The Morgan fingerprint density at radius 2 is 2.33 bits per heavy atom. The summed E-state index contributed by atoms with van der Waals surface area (Å²) < 4.78 is 11.4. The molecule has 1 N–H and O–H groups in total. The lowest BCUT2D eigenvalue weighted by Gasteiger charge is -2.30. The second kappa shape index (κ2) is 5.16. The lowest BCUT2D eigenvalue weighted by atomic mass is 10.2. The van der Waals surface area contributed by atoms with Gasteiger partial charge in [-0.3, -0.25) is 4.90 Å². The Kier molecular flexibility index (Phi) is 3.39. The van der Waals surface area contributed by atoms with Crippen LogP contribution >= 0.6 is 0 Å². The molecule has 2 unspecified atom stereocenters. The van der Waals surface area contributed by atoms with Gasteiger partial charge in [-0.05, 0) is 18.6 Å². The Morgan fingerprint density at radius 1 is 1.44 bits per heavy atom. The van der Waals surface area contributed by atoms with Crippen LogP contribution in [0.1, 0.15) is 6.42 Å². The molecule has 0 aliphatic carbocycles. The fourth-order valence-electron chi connectivity index (χ4n) is 2.71. The quantitative estimate of drug-likeness (QED) is 0.880. The molecule has 0 radical (unpaired) electrons. The van der Waals surface area contributed by atoms with Gasteiger partial charge in [0.2, 0.25) is 0 Å². The molecule has 2 heterocycles. The van der Waals surface area contributed by atoms with Crippen LogP contribution in [0.4, 0.5) is 5.69 Å². The van der Waals surface area contributed by atoms with Crippen molar-refractivity contribution < 1.29 is 9.47 Å². The van der Waals surface area contributed by atoms with Crippen molar-refractivity contribution in [3.63, 3.8) is 0 Å². The van der Waals surface area contributed by atoms with Crippen LogP contribution < -0.4 is 10.1 Å². The highest BCUT2D eigenvalue weighted by atomic mass is 16.5. The van der Waals surface area contributed by atoms with Crippen LogP contribution in [0.25, 0.3) is 0 Å². The Labute approximate surface area is 108 Å². The van der Waals surface area contributed by atoms with Gasteiger partial charge in [-0.15, -0.1) is 0 Å². The van der Waals surface area contributed by atoms with Crippen molar-refractivity contribution in [2.75, 3.05) is 38.6 Å². The van der Waals surface area contributed by atoms with E-state index in [0.717, 1.165) is 44.0 Å². The number of likely N-dealkylation sites (tertiary alicyclic amines) is 1. The average Bonchev–Trinajstić information content (AvgIpc) is 2.86. The number of methoxy groups -OCH3 is 1. The molecule has 1 fully saturated rings. The molecule has 0 amide bonds. The first-order chi connectivity index (χ1) is 8.85. The zero-order valence-corrected chi connectivity index (χ0v) is 10.8. The first-order valence-corrected chi connectivity index (χ1v) is 6.60. The minimum absolute atomic E-state index is 0.232. The summed E-state index contributed by atoms with van der Waals surface area (Å²) in [5.41, 5.74) is 1.10. The molecule has 2 aliphatic rings. The van der Waals surface area contributed by atoms with Crippen molar-refractivity contribution in [2.24, 2.45) is 0 Å². The van der Waals surface area contributed by atoms with Crippen LogP contribution in [-0.2, 0) is 4.74 Å². The van der Waals surface area contributed by atoms with Gasteiger partial charge >= 0.3 is 0 Å². The zero-order valence-electron chi connectivity index (χ0n) is 10.8. The molecule has 0 aromatic heterocycles. The summed E-state index contributed by atoms with van der Waals surface area (Å²) in [6.45, 7) is 3.99. The van der Waals surface area contributed by atoms with E-state index in [4.69, 9.17) is 9.47 Å². The number of nitrogens with zero attached hydrogens (tertiary/aromatic N) is 1.